The molecule has 0 saturated heterocycles. The summed E-state index contributed by atoms with van der Waals surface area (Å²) in [6.45, 7) is 2.14. The fourth-order valence-electron chi connectivity index (χ4n) is 2.23. The van der Waals surface area contributed by atoms with Crippen molar-refractivity contribution in [3.8, 4) is 16.9 Å². The number of nitrogens with zero attached hydrogens (tertiary/aromatic N) is 2. The van der Waals surface area contributed by atoms with Gasteiger partial charge in [0.25, 0.3) is 0 Å². The summed E-state index contributed by atoms with van der Waals surface area (Å²) in [6.07, 6.45) is 1.03. The molecule has 0 fully saturated rings. The Morgan fingerprint density at radius 2 is 1.70 bits per heavy atom. The Kier molecular flexibility index (Phi) is 3.25. The van der Waals surface area contributed by atoms with Crippen LogP contribution in [-0.2, 0) is 6.42 Å². The zero-order valence-electron chi connectivity index (χ0n) is 11.5. The number of anilines is 1. The van der Waals surface area contributed by atoms with Gasteiger partial charge in [0.2, 0.25) is 0 Å². The molecule has 0 amide bonds. The molecule has 20 heavy (non-hydrogen) atoms. The highest BCUT2D eigenvalue weighted by atomic mass is 15.3. The summed E-state index contributed by atoms with van der Waals surface area (Å²) >= 11 is 0. The fraction of sp³-hybridized carbons (Fsp3) is 0.118. The summed E-state index contributed by atoms with van der Waals surface area (Å²) in [5, 5.41) is 4.60. The Morgan fingerprint density at radius 1 is 1.00 bits per heavy atom. The lowest BCUT2D eigenvalue weighted by molar-refractivity contribution is 0.893. The van der Waals surface area contributed by atoms with Crippen LogP contribution < -0.4 is 5.73 Å². The van der Waals surface area contributed by atoms with Gasteiger partial charge in [-0.25, -0.2) is 4.68 Å². The first-order valence-corrected chi connectivity index (χ1v) is 6.78. The molecule has 0 spiro atoms. The maximum Gasteiger partial charge on any atom is 0.127 e. The molecule has 3 aromatic rings. The first kappa shape index (κ1) is 12.5. The van der Waals surface area contributed by atoms with Gasteiger partial charge in [0.05, 0.1) is 11.4 Å². The van der Waals surface area contributed by atoms with E-state index in [1.165, 1.54) is 5.56 Å². The van der Waals surface area contributed by atoms with Gasteiger partial charge in [0, 0.05) is 11.6 Å². The number of aromatic nitrogens is 2. The predicted octanol–water partition coefficient (Wildman–Crippen LogP) is 3.68. The highest BCUT2D eigenvalue weighted by molar-refractivity contribution is 5.63. The third-order valence-corrected chi connectivity index (χ3v) is 3.40. The summed E-state index contributed by atoms with van der Waals surface area (Å²) in [6, 6.07) is 20.3. The molecule has 0 saturated carbocycles. The zero-order chi connectivity index (χ0) is 13.9. The smallest absolute Gasteiger partial charge is 0.127 e. The number of nitrogen functional groups attached to an aromatic ring is 1. The van der Waals surface area contributed by atoms with Gasteiger partial charge in [-0.05, 0) is 24.1 Å². The summed E-state index contributed by atoms with van der Waals surface area (Å²) in [5.41, 5.74) is 10.3. The average molecular weight is 263 g/mol. The van der Waals surface area contributed by atoms with Crippen molar-refractivity contribution in [3.05, 3.63) is 66.2 Å². The molecule has 100 valence electrons. The third kappa shape index (κ3) is 2.30. The van der Waals surface area contributed by atoms with Gasteiger partial charge in [0.15, 0.2) is 0 Å². The minimum absolute atomic E-state index is 0.646. The predicted molar refractivity (Wildman–Crippen MR) is 82.8 cm³/mol. The Balaban J connectivity index is 2.00. The minimum atomic E-state index is 0.646. The second kappa shape index (κ2) is 5.21. The van der Waals surface area contributed by atoms with Crippen molar-refractivity contribution < 1.29 is 0 Å². The Bertz CT molecular complexity index is 697. The second-order valence-corrected chi connectivity index (χ2v) is 4.75. The van der Waals surface area contributed by atoms with Crippen LogP contribution in [-0.4, -0.2) is 9.78 Å². The van der Waals surface area contributed by atoms with E-state index in [1.54, 1.807) is 4.68 Å². The Labute approximate surface area is 118 Å². The first-order valence-electron chi connectivity index (χ1n) is 6.78. The fourth-order valence-corrected chi connectivity index (χ4v) is 2.23. The van der Waals surface area contributed by atoms with E-state index in [9.17, 15) is 0 Å². The highest BCUT2D eigenvalue weighted by Gasteiger charge is 2.08. The third-order valence-electron chi connectivity index (χ3n) is 3.40. The molecule has 0 aliphatic carbocycles. The largest absolute Gasteiger partial charge is 0.384 e. The molecular formula is C17H17N3. The van der Waals surface area contributed by atoms with E-state index in [0.29, 0.717) is 5.82 Å². The van der Waals surface area contributed by atoms with Crippen molar-refractivity contribution in [1.29, 1.82) is 0 Å². The molecule has 0 aliphatic heterocycles. The Hall–Kier alpha value is -2.55. The molecule has 2 N–H and O–H groups in total. The molecule has 2 aromatic carbocycles. The van der Waals surface area contributed by atoms with E-state index in [-0.39, 0.29) is 0 Å². The quantitative estimate of drug-likeness (QED) is 0.783. The topological polar surface area (TPSA) is 43.8 Å². The monoisotopic (exact) mass is 263 g/mol. The van der Waals surface area contributed by atoms with Crippen molar-refractivity contribution in [2.24, 2.45) is 0 Å². The molecule has 0 radical (unpaired) electrons. The van der Waals surface area contributed by atoms with Crippen LogP contribution >= 0.6 is 0 Å². The minimum Gasteiger partial charge on any atom is -0.384 e. The number of hydrogen-bond acceptors (Lipinski definition) is 2. The van der Waals surface area contributed by atoms with Crippen LogP contribution in [0.3, 0.4) is 0 Å². The van der Waals surface area contributed by atoms with Crippen LogP contribution in [0.1, 0.15) is 12.5 Å². The SMILES string of the molecule is CCc1ccc(-n2nc(-c3ccccc3)cc2N)cc1. The molecule has 0 bridgehead atoms. The normalized spacial score (nSPS) is 10.7. The van der Waals surface area contributed by atoms with Gasteiger partial charge in [-0.1, -0.05) is 49.4 Å². The summed E-state index contributed by atoms with van der Waals surface area (Å²) in [5.74, 6) is 0.646. The number of rotatable bonds is 3. The van der Waals surface area contributed by atoms with Crippen LogP contribution in [0.15, 0.2) is 60.7 Å². The molecule has 3 heteroatoms. The molecule has 3 rings (SSSR count). The van der Waals surface area contributed by atoms with E-state index >= 15 is 0 Å². The van der Waals surface area contributed by atoms with Crippen LogP contribution in [0.4, 0.5) is 5.82 Å². The van der Waals surface area contributed by atoms with E-state index in [1.807, 2.05) is 36.4 Å². The van der Waals surface area contributed by atoms with E-state index in [2.05, 4.69) is 36.3 Å². The van der Waals surface area contributed by atoms with Gasteiger partial charge in [-0.15, -0.1) is 0 Å². The molecular weight excluding hydrogens is 246 g/mol. The average Bonchev–Trinajstić information content (AvgIpc) is 2.90. The van der Waals surface area contributed by atoms with E-state index < -0.39 is 0 Å². The number of benzene rings is 2. The molecule has 0 aliphatic rings. The zero-order valence-corrected chi connectivity index (χ0v) is 11.5. The number of aryl methyl sites for hydroxylation is 1. The molecule has 1 heterocycles. The molecule has 0 unspecified atom stereocenters. The van der Waals surface area contributed by atoms with Gasteiger partial charge in [-0.2, -0.15) is 5.10 Å². The second-order valence-electron chi connectivity index (χ2n) is 4.75. The lowest BCUT2D eigenvalue weighted by Gasteiger charge is -2.04. The summed E-state index contributed by atoms with van der Waals surface area (Å²) < 4.78 is 1.78. The summed E-state index contributed by atoms with van der Waals surface area (Å²) in [4.78, 5) is 0. The van der Waals surface area contributed by atoms with Gasteiger partial charge < -0.3 is 5.73 Å². The number of hydrogen-bond donors (Lipinski definition) is 1. The van der Waals surface area contributed by atoms with Gasteiger partial charge in [0.1, 0.15) is 5.82 Å². The number of nitrogens with two attached hydrogens (primary N) is 1. The lowest BCUT2D eigenvalue weighted by atomic mass is 10.1. The molecule has 0 atom stereocenters. The van der Waals surface area contributed by atoms with E-state index in [4.69, 9.17) is 5.73 Å². The van der Waals surface area contributed by atoms with Gasteiger partial charge in [-0.3, -0.25) is 0 Å². The van der Waals surface area contributed by atoms with Crippen molar-refractivity contribution >= 4 is 5.82 Å². The van der Waals surface area contributed by atoms with Crippen LogP contribution in [0.2, 0.25) is 0 Å². The van der Waals surface area contributed by atoms with Crippen LogP contribution in [0, 0.1) is 0 Å². The van der Waals surface area contributed by atoms with Crippen molar-refractivity contribution in [2.75, 3.05) is 5.73 Å². The Morgan fingerprint density at radius 3 is 2.35 bits per heavy atom. The maximum atomic E-state index is 6.08. The standard InChI is InChI=1S/C17H17N3/c1-2-13-8-10-15(11-9-13)20-17(18)12-16(19-20)14-6-4-3-5-7-14/h3-12H,2,18H2,1H3. The van der Waals surface area contributed by atoms with Gasteiger partial charge >= 0.3 is 0 Å². The van der Waals surface area contributed by atoms with Crippen molar-refractivity contribution in [1.82, 2.24) is 9.78 Å². The molecule has 3 nitrogen and oxygen atoms in total. The summed E-state index contributed by atoms with van der Waals surface area (Å²) in [7, 11) is 0. The first-order chi connectivity index (χ1) is 9.78. The molecule has 1 aromatic heterocycles. The van der Waals surface area contributed by atoms with Crippen molar-refractivity contribution in [3.63, 3.8) is 0 Å². The van der Waals surface area contributed by atoms with E-state index in [0.717, 1.165) is 23.4 Å². The highest BCUT2D eigenvalue weighted by Crippen LogP contribution is 2.22. The van der Waals surface area contributed by atoms with Crippen LogP contribution in [0.5, 0.6) is 0 Å². The lowest BCUT2D eigenvalue weighted by Crippen LogP contribution is -2.01. The van der Waals surface area contributed by atoms with Crippen LogP contribution in [0.25, 0.3) is 16.9 Å². The van der Waals surface area contributed by atoms with Crippen molar-refractivity contribution in [2.45, 2.75) is 13.3 Å². The maximum absolute atomic E-state index is 6.08.